The quantitative estimate of drug-likeness (QED) is 0.791. The van der Waals surface area contributed by atoms with Crippen LogP contribution in [0.2, 0.25) is 5.02 Å². The lowest BCUT2D eigenvalue weighted by molar-refractivity contribution is 0.481. The summed E-state index contributed by atoms with van der Waals surface area (Å²) in [5.41, 5.74) is 13.5. The number of rotatable bonds is 5. The van der Waals surface area contributed by atoms with Crippen LogP contribution in [0, 0.1) is 11.3 Å². The molecule has 0 atom stereocenters. The van der Waals surface area contributed by atoms with Gasteiger partial charge in [0.15, 0.2) is 0 Å². The standard InChI is InChI=1S/C19H16ClN3O/c1-2-13-6-7-19(17(20)10-13)24-18-5-3-4-15(16(18)12-23)14(11-22)8-9-21/h2-11H,1,21-22H2/b9-8-,14-11+. The molecule has 0 saturated carbocycles. The van der Waals surface area contributed by atoms with Gasteiger partial charge in [0.2, 0.25) is 0 Å². The molecule has 0 heterocycles. The van der Waals surface area contributed by atoms with Crippen LogP contribution < -0.4 is 16.2 Å². The molecule has 0 bridgehead atoms. The highest BCUT2D eigenvalue weighted by Crippen LogP contribution is 2.34. The number of allylic oxidation sites excluding steroid dienone is 2. The third-order valence-electron chi connectivity index (χ3n) is 3.32. The molecule has 0 amide bonds. The number of halogens is 1. The van der Waals surface area contributed by atoms with Crippen LogP contribution in [0.25, 0.3) is 11.6 Å². The lowest BCUT2D eigenvalue weighted by Gasteiger charge is -2.12. The molecule has 0 aromatic heterocycles. The van der Waals surface area contributed by atoms with E-state index in [1.807, 2.05) is 6.07 Å². The molecule has 0 fully saturated rings. The highest BCUT2D eigenvalue weighted by Gasteiger charge is 2.13. The number of nitrogens with zero attached hydrogens (tertiary/aromatic N) is 1. The summed E-state index contributed by atoms with van der Waals surface area (Å²) in [7, 11) is 0. The van der Waals surface area contributed by atoms with Crippen molar-refractivity contribution in [3.05, 3.63) is 83.2 Å². The Balaban J connectivity index is 2.49. The Morgan fingerprint density at radius 1 is 1.21 bits per heavy atom. The van der Waals surface area contributed by atoms with E-state index in [-0.39, 0.29) is 0 Å². The number of benzene rings is 2. The molecule has 0 unspecified atom stereocenters. The Bertz CT molecular complexity index is 863. The number of ether oxygens (including phenoxy) is 1. The van der Waals surface area contributed by atoms with E-state index in [1.54, 1.807) is 42.5 Å². The highest BCUT2D eigenvalue weighted by molar-refractivity contribution is 6.32. The molecular formula is C19H16ClN3O. The average molecular weight is 338 g/mol. The zero-order valence-electron chi connectivity index (χ0n) is 12.9. The molecule has 4 nitrogen and oxygen atoms in total. The van der Waals surface area contributed by atoms with Crippen molar-refractivity contribution in [2.75, 3.05) is 0 Å². The Labute approximate surface area is 145 Å². The minimum absolute atomic E-state index is 0.344. The maximum Gasteiger partial charge on any atom is 0.146 e. The molecule has 5 heteroatoms. The summed E-state index contributed by atoms with van der Waals surface area (Å²) in [5, 5.41) is 9.97. The van der Waals surface area contributed by atoms with Crippen LogP contribution >= 0.6 is 11.6 Å². The van der Waals surface area contributed by atoms with Crippen molar-refractivity contribution in [2.45, 2.75) is 0 Å². The van der Waals surface area contributed by atoms with Gasteiger partial charge in [0.25, 0.3) is 0 Å². The summed E-state index contributed by atoms with van der Waals surface area (Å²) in [4.78, 5) is 0. The molecule has 0 aliphatic rings. The van der Waals surface area contributed by atoms with E-state index in [0.29, 0.717) is 33.2 Å². The van der Waals surface area contributed by atoms with E-state index >= 15 is 0 Å². The van der Waals surface area contributed by atoms with Gasteiger partial charge in [-0.2, -0.15) is 5.26 Å². The normalized spacial score (nSPS) is 11.2. The first-order valence-corrected chi connectivity index (χ1v) is 7.46. The number of nitrogens with two attached hydrogens (primary N) is 2. The topological polar surface area (TPSA) is 85.1 Å². The van der Waals surface area contributed by atoms with Crippen LogP contribution in [-0.2, 0) is 0 Å². The van der Waals surface area contributed by atoms with E-state index in [1.165, 1.54) is 12.4 Å². The van der Waals surface area contributed by atoms with E-state index in [2.05, 4.69) is 12.6 Å². The van der Waals surface area contributed by atoms with Gasteiger partial charge in [-0.25, -0.2) is 0 Å². The van der Waals surface area contributed by atoms with Gasteiger partial charge in [-0.05, 0) is 41.6 Å². The summed E-state index contributed by atoms with van der Waals surface area (Å²) in [6, 6.07) is 12.7. The average Bonchev–Trinajstić information content (AvgIpc) is 2.61. The molecule has 2 aromatic carbocycles. The van der Waals surface area contributed by atoms with Crippen LogP contribution in [0.4, 0.5) is 0 Å². The van der Waals surface area contributed by atoms with Crippen LogP contribution in [-0.4, -0.2) is 0 Å². The van der Waals surface area contributed by atoms with Crippen molar-refractivity contribution >= 4 is 23.3 Å². The second-order valence-electron chi connectivity index (χ2n) is 4.77. The first kappa shape index (κ1) is 17.2. The lowest BCUT2D eigenvalue weighted by Crippen LogP contribution is -1.96. The zero-order valence-corrected chi connectivity index (χ0v) is 13.6. The number of hydrogen-bond donors (Lipinski definition) is 2. The predicted octanol–water partition coefficient (Wildman–Crippen LogP) is 4.42. The second kappa shape index (κ2) is 7.91. The van der Waals surface area contributed by atoms with Crippen molar-refractivity contribution in [2.24, 2.45) is 11.5 Å². The Morgan fingerprint density at radius 3 is 2.58 bits per heavy atom. The molecule has 0 radical (unpaired) electrons. The predicted molar refractivity (Wildman–Crippen MR) is 98.3 cm³/mol. The van der Waals surface area contributed by atoms with E-state index in [9.17, 15) is 5.26 Å². The van der Waals surface area contributed by atoms with E-state index < -0.39 is 0 Å². The SMILES string of the molecule is C=Cc1ccc(Oc2cccc(C(/C=C\N)=C/N)c2C#N)c(Cl)c1. The largest absolute Gasteiger partial charge is 0.454 e. The van der Waals surface area contributed by atoms with Crippen molar-refractivity contribution in [1.82, 2.24) is 0 Å². The molecule has 120 valence electrons. The third kappa shape index (κ3) is 3.60. The Kier molecular flexibility index (Phi) is 5.67. The van der Waals surface area contributed by atoms with Gasteiger partial charge in [0.1, 0.15) is 23.1 Å². The van der Waals surface area contributed by atoms with Crippen molar-refractivity contribution in [3.8, 4) is 17.6 Å². The summed E-state index contributed by atoms with van der Waals surface area (Å²) >= 11 is 6.22. The highest BCUT2D eigenvalue weighted by atomic mass is 35.5. The van der Waals surface area contributed by atoms with Crippen LogP contribution in [0.3, 0.4) is 0 Å². The van der Waals surface area contributed by atoms with Crippen molar-refractivity contribution in [1.29, 1.82) is 5.26 Å². The fourth-order valence-electron chi connectivity index (χ4n) is 2.16. The fraction of sp³-hybridized carbons (Fsp3) is 0. The molecular weight excluding hydrogens is 322 g/mol. The van der Waals surface area contributed by atoms with Gasteiger partial charge < -0.3 is 16.2 Å². The molecule has 24 heavy (non-hydrogen) atoms. The van der Waals surface area contributed by atoms with Gasteiger partial charge in [-0.15, -0.1) is 0 Å². The zero-order chi connectivity index (χ0) is 17.5. The molecule has 0 aliphatic carbocycles. The maximum atomic E-state index is 9.54. The van der Waals surface area contributed by atoms with E-state index in [4.69, 9.17) is 27.8 Å². The summed E-state index contributed by atoms with van der Waals surface area (Å²) < 4.78 is 5.83. The summed E-state index contributed by atoms with van der Waals surface area (Å²) in [5.74, 6) is 0.830. The van der Waals surface area contributed by atoms with Gasteiger partial charge in [0.05, 0.1) is 5.02 Å². The molecule has 4 N–H and O–H groups in total. The Morgan fingerprint density at radius 2 is 2.00 bits per heavy atom. The lowest BCUT2D eigenvalue weighted by atomic mass is 10.00. The summed E-state index contributed by atoms with van der Waals surface area (Å²) in [6.45, 7) is 3.69. The maximum absolute atomic E-state index is 9.54. The second-order valence-corrected chi connectivity index (χ2v) is 5.17. The fourth-order valence-corrected chi connectivity index (χ4v) is 2.38. The monoisotopic (exact) mass is 337 g/mol. The van der Waals surface area contributed by atoms with Crippen LogP contribution in [0.15, 0.2) is 61.5 Å². The van der Waals surface area contributed by atoms with E-state index in [0.717, 1.165) is 5.56 Å². The number of nitriles is 1. The minimum atomic E-state index is 0.344. The molecule has 2 rings (SSSR count). The van der Waals surface area contributed by atoms with Gasteiger partial charge >= 0.3 is 0 Å². The molecule has 0 spiro atoms. The van der Waals surface area contributed by atoms with Gasteiger partial charge in [-0.1, -0.05) is 42.5 Å². The van der Waals surface area contributed by atoms with Crippen molar-refractivity contribution in [3.63, 3.8) is 0 Å². The van der Waals surface area contributed by atoms with Crippen molar-refractivity contribution < 1.29 is 4.74 Å². The molecule has 0 aliphatic heterocycles. The minimum Gasteiger partial charge on any atom is -0.454 e. The first-order chi connectivity index (χ1) is 11.6. The molecule has 0 saturated heterocycles. The smallest absolute Gasteiger partial charge is 0.146 e. The Hall–Kier alpha value is -3.16. The first-order valence-electron chi connectivity index (χ1n) is 7.08. The summed E-state index contributed by atoms with van der Waals surface area (Å²) in [6.07, 6.45) is 6.05. The van der Waals surface area contributed by atoms with Gasteiger partial charge in [-0.3, -0.25) is 0 Å². The molecule has 2 aromatic rings. The van der Waals surface area contributed by atoms with Crippen LogP contribution in [0.1, 0.15) is 16.7 Å². The third-order valence-corrected chi connectivity index (χ3v) is 3.61. The van der Waals surface area contributed by atoms with Gasteiger partial charge in [0, 0.05) is 11.8 Å². The number of hydrogen-bond acceptors (Lipinski definition) is 4. The van der Waals surface area contributed by atoms with Crippen LogP contribution in [0.5, 0.6) is 11.5 Å².